The summed E-state index contributed by atoms with van der Waals surface area (Å²) in [6.07, 6.45) is 12.0. The fourth-order valence-corrected chi connectivity index (χ4v) is 16.5. The van der Waals surface area contributed by atoms with Gasteiger partial charge in [0, 0.05) is 129 Å². The van der Waals surface area contributed by atoms with Crippen molar-refractivity contribution in [1.29, 1.82) is 0 Å². The molecule has 6 rings (SSSR count). The number of imide groups is 1. The van der Waals surface area contributed by atoms with E-state index >= 15 is 0 Å². The first-order valence-corrected chi connectivity index (χ1v) is 42.6. The largest absolute Gasteiger partial charge is 0.481 e. The van der Waals surface area contributed by atoms with E-state index in [1.54, 1.807) is 73.2 Å². The average Bonchev–Trinajstić information content (AvgIpc) is 1.60. The van der Waals surface area contributed by atoms with Crippen LogP contribution in [0.1, 0.15) is 198 Å². The fourth-order valence-electron chi connectivity index (χ4n) is 16.5. The molecule has 0 saturated carbocycles. The van der Waals surface area contributed by atoms with Gasteiger partial charge in [0.2, 0.25) is 17.7 Å². The summed E-state index contributed by atoms with van der Waals surface area (Å²) in [5.41, 5.74) is 13.3. The van der Waals surface area contributed by atoms with Crippen LogP contribution in [0, 0.1) is 41.4 Å². The molecular formula is C89H140N8O24. The predicted octanol–water partition coefficient (Wildman–Crippen LogP) is 8.97. The van der Waals surface area contributed by atoms with Crippen LogP contribution in [0.5, 0.6) is 0 Å². The number of ether oxygens (including phenoxy) is 9. The average molecular weight is 1710 g/mol. The lowest BCUT2D eigenvalue weighted by Gasteiger charge is -2.40. The van der Waals surface area contributed by atoms with Gasteiger partial charge in [0.15, 0.2) is 5.78 Å². The number of unbranched alkanes of at least 4 members (excludes halogenated alkanes) is 3. The molecule has 0 aliphatic carbocycles. The van der Waals surface area contributed by atoms with Crippen LogP contribution >= 0.6 is 0 Å². The molecule has 0 spiro atoms. The van der Waals surface area contributed by atoms with E-state index in [1.165, 1.54) is 29.0 Å². The zero-order valence-corrected chi connectivity index (χ0v) is 74.4. The zero-order chi connectivity index (χ0) is 90.3. The van der Waals surface area contributed by atoms with Gasteiger partial charge in [-0.3, -0.25) is 43.3 Å². The number of alkyl carbamates (subject to hydrolysis) is 1. The predicted molar refractivity (Wildman–Crippen MR) is 451 cm³/mol. The molecule has 0 unspecified atom stereocenters. The number of carboxylic acids is 2. The van der Waals surface area contributed by atoms with E-state index in [2.05, 4.69) is 55.8 Å². The van der Waals surface area contributed by atoms with Crippen LogP contribution in [-0.2, 0) is 94.0 Å². The monoisotopic (exact) mass is 1700 g/mol. The number of benzene rings is 1. The van der Waals surface area contributed by atoms with Crippen LogP contribution in [0.4, 0.5) is 14.4 Å². The number of ketones is 1. The van der Waals surface area contributed by atoms with Crippen molar-refractivity contribution in [3.05, 3.63) is 95.1 Å². The lowest BCUT2D eigenvalue weighted by atomic mass is 9.85. The van der Waals surface area contributed by atoms with Crippen molar-refractivity contribution in [1.82, 2.24) is 30.7 Å². The third kappa shape index (κ3) is 33.6. The molecule has 22 atom stereocenters. The Labute approximate surface area is 714 Å². The molecule has 4 fully saturated rings. The lowest BCUT2D eigenvalue weighted by Crippen LogP contribution is -2.53. The first-order valence-electron chi connectivity index (χ1n) is 42.6. The summed E-state index contributed by atoms with van der Waals surface area (Å²) in [5, 5.41) is 47.4. The lowest BCUT2D eigenvalue weighted by molar-refractivity contribution is -0.152. The number of hydrogen-bond donors (Lipinski definition) is 9. The Kier molecular flexibility index (Phi) is 42.4. The Morgan fingerprint density at radius 3 is 1.55 bits per heavy atom. The van der Waals surface area contributed by atoms with E-state index in [-0.39, 0.29) is 178 Å². The van der Waals surface area contributed by atoms with Crippen LogP contribution in [0.3, 0.4) is 0 Å². The second-order valence-electron chi connectivity index (χ2n) is 34.5. The third-order valence-corrected chi connectivity index (χ3v) is 23.3. The molecule has 1 aromatic rings. The summed E-state index contributed by atoms with van der Waals surface area (Å²) in [6.45, 7) is 28.1. The molecule has 4 saturated heterocycles. The number of methoxy groups -OCH3 is 2. The highest BCUT2D eigenvalue weighted by molar-refractivity contribution is 6.12. The standard InChI is InChI=1S/C60H90N6O16.C29H50N2O8/c1-36(2)53(64-49(70)21-12-11-15-29-66-50(71)26-27-51(66)72)57(75)63-45(19-13-14-20-48(61)69)46(68)31-42-22-24-43(25-23-42)35-79-58(76)62-28-30-65(9)59(77)81-47-32-44(33-52(73)74)80-54(39(47)5)38(4)18-16-17-37(3)34-60(8)56(82-60)40(6)55(78-10)41(7)67;1-17(16-29(6)27(39-29)20(4)26(36-8)21(5)32)10-9-11-18(2)25-19(3)23(14-22(37-25)15-24(33)34)38-28(35)31(7)13-12-30/h16-18,22-27,36-37,39-41,44-45,47,53-56,67H,11-15,19-21,28-35H2,1-10H3,(H2,61,69)(H,62,76)(H,63,75)(H,64,70)(H,73,74);9-11,17,19-23,25-27,32H,12-16,30H2,1-8H3,(H,33,34)/b17-16+,38-18+;10-9+,18-11+/t37-,39+,40-,41-,44-,45+,47-,53+,54-,55-,56-,60-;17-,19+,20-,21-,22-,23-,25-,26-,27-,29-/m11/s1. The van der Waals surface area contributed by atoms with Gasteiger partial charge < -0.3 is 100 Å². The first kappa shape index (κ1) is 103. The molecular weight excluding hydrogens is 1570 g/mol. The Morgan fingerprint density at radius 2 is 1.12 bits per heavy atom. The highest BCUT2D eigenvalue weighted by Crippen LogP contribution is 2.49. The summed E-state index contributed by atoms with van der Waals surface area (Å²) in [7, 11) is 6.35. The Morgan fingerprint density at radius 1 is 0.653 bits per heavy atom. The minimum Gasteiger partial charge on any atom is -0.481 e. The van der Waals surface area contributed by atoms with Crippen molar-refractivity contribution in [2.24, 2.45) is 52.9 Å². The number of nitrogens with zero attached hydrogens (tertiary/aromatic N) is 3. The Hall–Kier alpha value is -8.47. The van der Waals surface area contributed by atoms with Crippen molar-refractivity contribution in [3.63, 3.8) is 0 Å². The number of rotatable bonds is 49. The first-order chi connectivity index (χ1) is 57.0. The molecule has 0 radical (unpaired) electrons. The highest BCUT2D eigenvalue weighted by Gasteiger charge is 2.58. The van der Waals surface area contributed by atoms with E-state index in [9.17, 15) is 73.2 Å². The van der Waals surface area contributed by atoms with Gasteiger partial charge in [0.05, 0.1) is 91.1 Å². The molecule has 1 aromatic carbocycles. The summed E-state index contributed by atoms with van der Waals surface area (Å²) in [5.74, 6) is -4.70. The molecule has 680 valence electrons. The second kappa shape index (κ2) is 49.7. The SMILES string of the molecule is CO[C@H]([C@@H](C)[C@H]1O[C@]1(C)C[C@H](C)/C=C/C=C(\C)[C@H]1O[C@@H](CC(=O)O)C[C@@H](OC(=O)N(C)CCN)[C@@H]1C)[C@@H](C)O.CO[C@H]([C@@H](C)[C@H]1O[C@]1(C)C[C@H](C)/C=C/C=C(\C)[C@H]1O[C@@H](CC(=O)O)C[C@@H](OC(=O)N(C)CCNC(=O)OCc2ccc(CC(=O)[C@H](CCCCC(N)=O)NC(=O)[C@@H](NC(=O)CCCCCN3C(=O)C=CC3=O)C(C)C)cc2)[C@@H]1C)[C@@H](C)O. The minimum absolute atomic E-state index is 0.00591. The van der Waals surface area contributed by atoms with Crippen LogP contribution in [0.2, 0.25) is 0 Å². The number of amides is 8. The summed E-state index contributed by atoms with van der Waals surface area (Å²) >= 11 is 0. The molecule has 5 heterocycles. The number of aliphatic carboxylic acids is 2. The van der Waals surface area contributed by atoms with Gasteiger partial charge in [-0.25, -0.2) is 14.4 Å². The number of likely N-dealkylation sites (N-methyl/N-ethyl adjacent to an activating group) is 2. The number of epoxide rings is 2. The molecule has 11 N–H and O–H groups in total. The van der Waals surface area contributed by atoms with Gasteiger partial charge in [0.25, 0.3) is 11.8 Å². The molecule has 0 aromatic heterocycles. The summed E-state index contributed by atoms with van der Waals surface area (Å²) in [6, 6.07) is 4.95. The van der Waals surface area contributed by atoms with Crippen LogP contribution in [-0.4, -0.2) is 258 Å². The molecule has 32 heteroatoms. The minimum atomic E-state index is -1.04. The maximum absolute atomic E-state index is 13.8. The fraction of sp³-hybridized carbons (Fsp3) is 0.697. The molecule has 32 nitrogen and oxygen atoms in total. The van der Waals surface area contributed by atoms with Gasteiger partial charge in [0.1, 0.15) is 24.9 Å². The molecule has 121 heavy (non-hydrogen) atoms. The van der Waals surface area contributed by atoms with Crippen LogP contribution in [0.25, 0.3) is 0 Å². The summed E-state index contributed by atoms with van der Waals surface area (Å²) < 4.78 is 52.7. The maximum atomic E-state index is 13.8. The molecule has 8 amide bonds. The number of carbonyl (C=O) groups is 11. The van der Waals surface area contributed by atoms with Gasteiger partial charge in [-0.1, -0.05) is 129 Å². The van der Waals surface area contributed by atoms with Crippen molar-refractivity contribution >= 4 is 65.5 Å². The van der Waals surface area contributed by atoms with Crippen LogP contribution < -0.4 is 27.4 Å². The Balaban J connectivity index is 0.000000556. The maximum Gasteiger partial charge on any atom is 0.409 e. The topological polar surface area (TPSA) is 456 Å². The quantitative estimate of drug-likeness (QED) is 0.00965. The number of aliphatic hydroxyl groups is 2. The second-order valence-corrected chi connectivity index (χ2v) is 34.5. The molecule has 5 aliphatic rings. The van der Waals surface area contributed by atoms with Gasteiger partial charge in [-0.05, 0) is 120 Å². The summed E-state index contributed by atoms with van der Waals surface area (Å²) in [4.78, 5) is 141. The third-order valence-electron chi connectivity index (χ3n) is 23.3. The van der Waals surface area contributed by atoms with Gasteiger partial charge in [-0.15, -0.1) is 0 Å². The van der Waals surface area contributed by atoms with E-state index in [1.807, 2.05) is 65.8 Å². The number of carbonyl (C=O) groups excluding carboxylic acids is 9. The van der Waals surface area contributed by atoms with Crippen molar-refractivity contribution in [2.75, 3.05) is 61.0 Å². The zero-order valence-electron chi connectivity index (χ0n) is 74.4. The van der Waals surface area contributed by atoms with Gasteiger partial charge >= 0.3 is 30.2 Å². The smallest absolute Gasteiger partial charge is 0.409 e. The normalized spacial score (nSPS) is 26.0. The number of hydrogen-bond acceptors (Lipinski definition) is 23. The van der Waals surface area contributed by atoms with Crippen molar-refractivity contribution < 1.29 is 116 Å². The van der Waals surface area contributed by atoms with E-state index in [0.29, 0.717) is 62.7 Å². The van der Waals surface area contributed by atoms with E-state index < -0.39 is 96.8 Å². The highest BCUT2D eigenvalue weighted by atomic mass is 16.6. The van der Waals surface area contributed by atoms with Gasteiger partial charge in [-0.2, -0.15) is 0 Å². The van der Waals surface area contributed by atoms with Crippen molar-refractivity contribution in [3.8, 4) is 0 Å². The number of nitrogens with two attached hydrogens (primary N) is 2. The Bertz CT molecular complexity index is 3720. The van der Waals surface area contributed by atoms with Crippen LogP contribution in [0.15, 0.2) is 84.0 Å². The number of carboxylic acid groups (broad SMARTS) is 2. The number of nitrogens with one attached hydrogen (secondary N) is 3. The van der Waals surface area contributed by atoms with E-state index in [4.69, 9.17) is 54.1 Å². The number of primary amides is 1. The number of Topliss-reactive ketones (excluding diaryl/α,β-unsaturated/α-hetero) is 1. The molecule has 0 bridgehead atoms. The number of aliphatic hydroxyl groups excluding tert-OH is 2. The number of allylic oxidation sites excluding steroid dienone is 6. The molecule has 5 aliphatic heterocycles. The van der Waals surface area contributed by atoms with Crippen molar-refractivity contribution in [2.45, 2.75) is 296 Å². The van der Waals surface area contributed by atoms with E-state index in [0.717, 1.165) is 28.9 Å².